The van der Waals surface area contributed by atoms with E-state index < -0.39 is 0 Å². The van der Waals surface area contributed by atoms with Gasteiger partial charge in [0.05, 0.1) is 5.69 Å². The number of nitrogens with one attached hydrogen (secondary N) is 1. The Morgan fingerprint density at radius 1 is 1.25 bits per heavy atom. The second-order valence-corrected chi connectivity index (χ2v) is 4.47. The Hall–Kier alpha value is -2.47. The molecule has 6 nitrogen and oxygen atoms in total. The highest BCUT2D eigenvalue weighted by molar-refractivity contribution is 5.98. The van der Waals surface area contributed by atoms with Crippen molar-refractivity contribution in [3.05, 3.63) is 47.1 Å². The number of pyridine rings is 2. The minimum atomic E-state index is -0.189. The summed E-state index contributed by atoms with van der Waals surface area (Å²) < 4.78 is 0. The van der Waals surface area contributed by atoms with Crippen LogP contribution < -0.4 is 10.4 Å². The fraction of sp³-hybridized carbons (Fsp3) is 0.214. The van der Waals surface area contributed by atoms with Crippen LogP contribution in [0.5, 0.6) is 0 Å². The Labute approximate surface area is 117 Å². The first-order valence-corrected chi connectivity index (χ1v) is 6.11. The maximum atomic E-state index is 11.9. The van der Waals surface area contributed by atoms with E-state index in [9.17, 15) is 10.0 Å². The van der Waals surface area contributed by atoms with Gasteiger partial charge in [-0.1, -0.05) is 0 Å². The number of carbonyl (C=O) groups excluding carboxylic acids is 1. The van der Waals surface area contributed by atoms with Crippen LogP contribution in [0.1, 0.15) is 18.3 Å². The molecule has 0 radical (unpaired) electrons. The molecule has 104 valence electrons. The minimum Gasteiger partial charge on any atom is -0.761 e. The Kier molecular flexibility index (Phi) is 3.95. The lowest BCUT2D eigenvalue weighted by atomic mass is 10.2. The number of hydrogen-bond acceptors (Lipinski definition) is 5. The predicted octanol–water partition coefficient (Wildman–Crippen LogP) is 2.69. The summed E-state index contributed by atoms with van der Waals surface area (Å²) in [5.74, 6) is 0.203. The molecule has 20 heavy (non-hydrogen) atoms. The maximum absolute atomic E-state index is 11.9. The number of aryl methyl sites for hydroxylation is 2. The van der Waals surface area contributed by atoms with Crippen molar-refractivity contribution in [1.29, 1.82) is 0 Å². The minimum absolute atomic E-state index is 0.189. The van der Waals surface area contributed by atoms with Gasteiger partial charge in [-0.05, 0) is 32.0 Å². The zero-order chi connectivity index (χ0) is 14.7. The molecule has 2 aromatic heterocycles. The predicted molar refractivity (Wildman–Crippen MR) is 77.8 cm³/mol. The molecule has 6 heteroatoms. The summed E-state index contributed by atoms with van der Waals surface area (Å²) in [6.07, 6.45) is 1.48. The van der Waals surface area contributed by atoms with E-state index in [2.05, 4.69) is 9.97 Å². The van der Waals surface area contributed by atoms with Gasteiger partial charge in [-0.15, -0.1) is 0 Å². The SMILES string of the molecule is CC(=O)N(c1cc(C)nc(C)c1)c1cc(N[O-])ccn1. The molecule has 0 saturated heterocycles. The van der Waals surface area contributed by atoms with Gasteiger partial charge in [-0.3, -0.25) is 14.7 Å². The Morgan fingerprint density at radius 3 is 2.45 bits per heavy atom. The summed E-state index contributed by atoms with van der Waals surface area (Å²) in [6, 6.07) is 6.66. The van der Waals surface area contributed by atoms with Crippen molar-refractivity contribution >= 4 is 23.1 Å². The molecule has 2 rings (SSSR count). The summed E-state index contributed by atoms with van der Waals surface area (Å²) in [6.45, 7) is 5.17. The van der Waals surface area contributed by atoms with Crippen LogP contribution in [-0.4, -0.2) is 15.9 Å². The molecule has 0 atom stereocenters. The van der Waals surface area contributed by atoms with E-state index in [-0.39, 0.29) is 5.91 Å². The van der Waals surface area contributed by atoms with E-state index >= 15 is 0 Å². The van der Waals surface area contributed by atoms with Crippen LogP contribution in [0, 0.1) is 19.1 Å². The largest absolute Gasteiger partial charge is 0.761 e. The van der Waals surface area contributed by atoms with Gasteiger partial charge < -0.3 is 10.7 Å². The molecule has 0 aliphatic carbocycles. The smallest absolute Gasteiger partial charge is 0.229 e. The van der Waals surface area contributed by atoms with Crippen LogP contribution in [-0.2, 0) is 4.79 Å². The lowest BCUT2D eigenvalue weighted by molar-refractivity contribution is -0.115. The van der Waals surface area contributed by atoms with Gasteiger partial charge in [-0.25, -0.2) is 4.98 Å². The molecular weight excluding hydrogens is 256 g/mol. The van der Waals surface area contributed by atoms with Crippen LogP contribution in [0.25, 0.3) is 0 Å². The number of amides is 1. The topological polar surface area (TPSA) is 81.2 Å². The van der Waals surface area contributed by atoms with Crippen LogP contribution in [0.2, 0.25) is 0 Å². The molecule has 2 aromatic rings. The van der Waals surface area contributed by atoms with Crippen LogP contribution >= 0.6 is 0 Å². The summed E-state index contributed by atoms with van der Waals surface area (Å²) in [5.41, 5.74) is 4.44. The van der Waals surface area contributed by atoms with Gasteiger partial charge in [0.2, 0.25) is 5.91 Å². The van der Waals surface area contributed by atoms with Gasteiger partial charge in [0.15, 0.2) is 0 Å². The number of nitrogens with zero attached hydrogens (tertiary/aromatic N) is 3. The van der Waals surface area contributed by atoms with Crippen LogP contribution in [0.3, 0.4) is 0 Å². The van der Waals surface area contributed by atoms with E-state index in [4.69, 9.17) is 0 Å². The summed E-state index contributed by atoms with van der Waals surface area (Å²) in [5, 5.41) is 10.7. The fourth-order valence-corrected chi connectivity index (χ4v) is 2.02. The number of aromatic nitrogens is 2. The van der Waals surface area contributed by atoms with E-state index in [1.54, 1.807) is 17.6 Å². The summed E-state index contributed by atoms with van der Waals surface area (Å²) in [4.78, 5) is 21.8. The first-order valence-electron chi connectivity index (χ1n) is 6.11. The van der Waals surface area contributed by atoms with Crippen molar-refractivity contribution in [3.8, 4) is 0 Å². The third-order valence-corrected chi connectivity index (χ3v) is 2.73. The van der Waals surface area contributed by atoms with Crippen molar-refractivity contribution in [2.24, 2.45) is 0 Å². The second kappa shape index (κ2) is 5.66. The van der Waals surface area contributed by atoms with Gasteiger partial charge in [-0.2, -0.15) is 0 Å². The highest BCUT2D eigenvalue weighted by Crippen LogP contribution is 2.26. The van der Waals surface area contributed by atoms with Crippen molar-refractivity contribution < 1.29 is 4.79 Å². The van der Waals surface area contributed by atoms with Crippen LogP contribution in [0.15, 0.2) is 30.5 Å². The Morgan fingerprint density at radius 2 is 1.90 bits per heavy atom. The number of anilines is 3. The van der Waals surface area contributed by atoms with Gasteiger partial charge in [0.25, 0.3) is 0 Å². The molecular formula is C14H15N4O2-. The zero-order valence-electron chi connectivity index (χ0n) is 11.5. The Balaban J connectivity index is 2.53. The molecule has 0 aliphatic rings. The highest BCUT2D eigenvalue weighted by Gasteiger charge is 2.16. The van der Waals surface area contributed by atoms with Crippen molar-refractivity contribution in [1.82, 2.24) is 9.97 Å². The van der Waals surface area contributed by atoms with Gasteiger partial charge in [0.1, 0.15) is 5.82 Å². The summed E-state index contributed by atoms with van der Waals surface area (Å²) in [7, 11) is 0. The lowest BCUT2D eigenvalue weighted by Crippen LogP contribution is -2.24. The number of hydrogen-bond donors (Lipinski definition) is 1. The molecule has 0 spiro atoms. The molecule has 0 aliphatic heterocycles. The van der Waals surface area contributed by atoms with Crippen LogP contribution in [0.4, 0.5) is 17.2 Å². The molecule has 1 N–H and O–H groups in total. The average Bonchev–Trinajstić information content (AvgIpc) is 2.37. The number of carbonyl (C=O) groups is 1. The van der Waals surface area contributed by atoms with Crippen molar-refractivity contribution in [2.75, 3.05) is 10.4 Å². The second-order valence-electron chi connectivity index (χ2n) is 4.47. The maximum Gasteiger partial charge on any atom is 0.229 e. The molecule has 2 heterocycles. The molecule has 0 bridgehead atoms. The molecule has 0 aromatic carbocycles. The van der Waals surface area contributed by atoms with Gasteiger partial charge >= 0.3 is 0 Å². The normalized spacial score (nSPS) is 10.2. The van der Waals surface area contributed by atoms with E-state index in [1.165, 1.54) is 30.2 Å². The monoisotopic (exact) mass is 271 g/mol. The zero-order valence-corrected chi connectivity index (χ0v) is 11.5. The Bertz CT molecular complexity index is 623. The molecule has 1 amide bonds. The van der Waals surface area contributed by atoms with E-state index in [1.807, 2.05) is 13.8 Å². The third kappa shape index (κ3) is 2.92. The molecule has 0 unspecified atom stereocenters. The first kappa shape index (κ1) is 14.0. The van der Waals surface area contributed by atoms with Crippen molar-refractivity contribution in [3.63, 3.8) is 0 Å². The average molecular weight is 271 g/mol. The number of rotatable bonds is 3. The quantitative estimate of drug-likeness (QED) is 0.868. The van der Waals surface area contributed by atoms with E-state index in [0.29, 0.717) is 17.2 Å². The highest BCUT2D eigenvalue weighted by atomic mass is 16.5. The van der Waals surface area contributed by atoms with Gasteiger partial charge in [0, 0.05) is 36.3 Å². The first-order chi connectivity index (χ1) is 9.51. The standard InChI is InChI=1S/C14H15N4O2/c1-9-6-13(7-10(2)16-9)18(11(3)19)14-8-12(17-20)4-5-15-14/h4-8H,1-3H3,(H-,15,17,20)/q-1. The summed E-state index contributed by atoms with van der Waals surface area (Å²) >= 11 is 0. The lowest BCUT2D eigenvalue weighted by Gasteiger charge is -2.22. The van der Waals surface area contributed by atoms with E-state index in [0.717, 1.165) is 11.4 Å². The molecule has 0 fully saturated rings. The third-order valence-electron chi connectivity index (χ3n) is 2.73. The van der Waals surface area contributed by atoms with Crippen molar-refractivity contribution in [2.45, 2.75) is 20.8 Å². The fourth-order valence-electron chi connectivity index (χ4n) is 2.02. The molecule has 0 saturated carbocycles.